The van der Waals surface area contributed by atoms with E-state index >= 15 is 0 Å². The van der Waals surface area contributed by atoms with Crippen molar-refractivity contribution in [2.45, 2.75) is 4.90 Å². The molecule has 0 saturated heterocycles. The Morgan fingerprint density at radius 1 is 1.43 bits per heavy atom. The Balaban J connectivity index is 3.26. The molecule has 0 heterocycles. The van der Waals surface area contributed by atoms with Crippen LogP contribution in [0.2, 0.25) is 0 Å². The van der Waals surface area contributed by atoms with Crippen molar-refractivity contribution in [3.8, 4) is 5.75 Å². The van der Waals surface area contributed by atoms with E-state index < -0.39 is 10.0 Å². The van der Waals surface area contributed by atoms with E-state index in [2.05, 4.69) is 4.72 Å². The van der Waals surface area contributed by atoms with Crippen molar-refractivity contribution in [3.63, 3.8) is 0 Å². The summed E-state index contributed by atoms with van der Waals surface area (Å²) in [4.78, 5) is 0.131. The molecule has 0 aromatic heterocycles. The fraction of sp³-hybridized carbons (Fsp3) is 0.250. The second-order valence-electron chi connectivity index (χ2n) is 2.61. The topological polar surface area (TPSA) is 81.4 Å². The van der Waals surface area contributed by atoms with Gasteiger partial charge in [0, 0.05) is 6.07 Å². The number of rotatable bonds is 3. The van der Waals surface area contributed by atoms with Gasteiger partial charge in [0.05, 0.1) is 17.7 Å². The molecule has 0 unspecified atom stereocenters. The van der Waals surface area contributed by atoms with Gasteiger partial charge in [-0.3, -0.25) is 0 Å². The predicted octanol–water partition coefficient (Wildman–Crippen LogP) is 0.185. The molecule has 3 N–H and O–H groups in total. The smallest absolute Gasteiger partial charge is 0.240 e. The molecule has 0 spiro atoms. The fourth-order valence-electron chi connectivity index (χ4n) is 0.976. The first-order chi connectivity index (χ1) is 6.51. The van der Waals surface area contributed by atoms with Crippen LogP contribution < -0.4 is 15.2 Å². The largest absolute Gasteiger partial charge is 0.495 e. The number of ether oxygens (including phenoxy) is 1. The number of anilines is 1. The van der Waals surface area contributed by atoms with Gasteiger partial charge in [-0.2, -0.15) is 0 Å². The van der Waals surface area contributed by atoms with E-state index in [0.29, 0.717) is 11.4 Å². The van der Waals surface area contributed by atoms with Crippen LogP contribution in [-0.2, 0) is 10.0 Å². The highest BCUT2D eigenvalue weighted by Gasteiger charge is 2.12. The third-order valence-electron chi connectivity index (χ3n) is 1.78. The Morgan fingerprint density at radius 3 is 2.57 bits per heavy atom. The Morgan fingerprint density at radius 2 is 2.07 bits per heavy atom. The zero-order valence-corrected chi connectivity index (χ0v) is 8.76. The number of nitrogens with one attached hydrogen (secondary N) is 1. The van der Waals surface area contributed by atoms with Crippen LogP contribution in [0.1, 0.15) is 0 Å². The van der Waals surface area contributed by atoms with E-state index in [1.807, 2.05) is 0 Å². The molecule has 0 amide bonds. The lowest BCUT2D eigenvalue weighted by molar-refractivity contribution is 0.415. The molecule has 78 valence electrons. The highest BCUT2D eigenvalue weighted by atomic mass is 32.2. The van der Waals surface area contributed by atoms with Crippen molar-refractivity contribution in [1.29, 1.82) is 0 Å². The monoisotopic (exact) mass is 216 g/mol. The molecule has 6 heteroatoms. The zero-order valence-electron chi connectivity index (χ0n) is 7.94. The Bertz CT molecular complexity index is 428. The first kappa shape index (κ1) is 10.8. The lowest BCUT2D eigenvalue weighted by Crippen LogP contribution is -2.18. The summed E-state index contributed by atoms with van der Waals surface area (Å²) in [5.74, 6) is 0.348. The average Bonchev–Trinajstić information content (AvgIpc) is 2.18. The average molecular weight is 216 g/mol. The van der Waals surface area contributed by atoms with Crippen LogP contribution in [0.5, 0.6) is 5.75 Å². The maximum atomic E-state index is 11.4. The molecule has 1 aromatic rings. The lowest BCUT2D eigenvalue weighted by Gasteiger charge is -2.07. The molecule has 0 fully saturated rings. The normalized spacial score (nSPS) is 11.3. The third kappa shape index (κ3) is 1.97. The third-order valence-corrected chi connectivity index (χ3v) is 3.20. The first-order valence-corrected chi connectivity index (χ1v) is 5.36. The van der Waals surface area contributed by atoms with E-state index in [9.17, 15) is 8.42 Å². The summed E-state index contributed by atoms with van der Waals surface area (Å²) in [7, 11) is -0.656. The first-order valence-electron chi connectivity index (χ1n) is 3.88. The van der Waals surface area contributed by atoms with E-state index in [0.717, 1.165) is 0 Å². The van der Waals surface area contributed by atoms with Crippen molar-refractivity contribution in [2.75, 3.05) is 19.9 Å². The van der Waals surface area contributed by atoms with E-state index in [1.165, 1.54) is 32.4 Å². The van der Waals surface area contributed by atoms with Crippen LogP contribution in [0.15, 0.2) is 23.1 Å². The van der Waals surface area contributed by atoms with Gasteiger partial charge in [0.15, 0.2) is 0 Å². The minimum absolute atomic E-state index is 0.131. The number of methoxy groups -OCH3 is 1. The predicted molar refractivity (Wildman–Crippen MR) is 53.7 cm³/mol. The molecular formula is C8H12N2O3S. The summed E-state index contributed by atoms with van der Waals surface area (Å²) in [6, 6.07) is 4.29. The Labute approximate surface area is 82.9 Å². The number of sulfonamides is 1. The standard InChI is InChI=1S/C8H12N2O3S/c1-10-14(11,12)6-3-4-7(9)8(5-6)13-2/h3-5,10H,9H2,1-2H3. The number of nitrogen functional groups attached to an aromatic ring is 1. The van der Waals surface area contributed by atoms with Gasteiger partial charge in [-0.05, 0) is 19.2 Å². The van der Waals surface area contributed by atoms with Crippen LogP contribution in [0.4, 0.5) is 5.69 Å². The second kappa shape index (κ2) is 3.85. The highest BCUT2D eigenvalue weighted by molar-refractivity contribution is 7.89. The minimum atomic E-state index is -3.43. The summed E-state index contributed by atoms with van der Waals surface area (Å²) in [5, 5.41) is 0. The van der Waals surface area contributed by atoms with Crippen LogP contribution in [0, 0.1) is 0 Å². The molecule has 0 aliphatic heterocycles. The van der Waals surface area contributed by atoms with E-state index in [4.69, 9.17) is 10.5 Å². The van der Waals surface area contributed by atoms with Gasteiger partial charge in [0.25, 0.3) is 0 Å². The number of hydrogen-bond donors (Lipinski definition) is 2. The van der Waals surface area contributed by atoms with E-state index in [1.54, 1.807) is 0 Å². The van der Waals surface area contributed by atoms with Gasteiger partial charge >= 0.3 is 0 Å². The molecule has 5 nitrogen and oxygen atoms in total. The number of nitrogens with two attached hydrogens (primary N) is 1. The van der Waals surface area contributed by atoms with Crippen LogP contribution in [-0.4, -0.2) is 22.6 Å². The molecule has 0 atom stereocenters. The van der Waals surface area contributed by atoms with Crippen molar-refractivity contribution in [2.24, 2.45) is 0 Å². The molecule has 0 aliphatic rings. The van der Waals surface area contributed by atoms with Crippen LogP contribution in [0.3, 0.4) is 0 Å². The van der Waals surface area contributed by atoms with E-state index in [-0.39, 0.29) is 4.90 Å². The SMILES string of the molecule is CNS(=O)(=O)c1ccc(N)c(OC)c1. The summed E-state index contributed by atoms with van der Waals surface area (Å²) < 4.78 is 29.9. The molecule has 0 saturated carbocycles. The molecular weight excluding hydrogens is 204 g/mol. The van der Waals surface area contributed by atoms with Gasteiger partial charge in [-0.15, -0.1) is 0 Å². The van der Waals surface area contributed by atoms with Crippen molar-refractivity contribution < 1.29 is 13.2 Å². The number of hydrogen-bond acceptors (Lipinski definition) is 4. The quantitative estimate of drug-likeness (QED) is 0.706. The molecule has 1 aromatic carbocycles. The highest BCUT2D eigenvalue weighted by Crippen LogP contribution is 2.24. The molecule has 14 heavy (non-hydrogen) atoms. The molecule has 1 rings (SSSR count). The Kier molecular flexibility index (Phi) is 2.97. The maximum absolute atomic E-state index is 11.4. The zero-order chi connectivity index (χ0) is 10.8. The fourth-order valence-corrected chi connectivity index (χ4v) is 1.72. The Hall–Kier alpha value is -1.27. The summed E-state index contributed by atoms with van der Waals surface area (Å²) >= 11 is 0. The van der Waals surface area contributed by atoms with Gasteiger partial charge in [-0.25, -0.2) is 13.1 Å². The lowest BCUT2D eigenvalue weighted by atomic mass is 10.3. The van der Waals surface area contributed by atoms with Gasteiger partial charge in [0.1, 0.15) is 5.75 Å². The van der Waals surface area contributed by atoms with Gasteiger partial charge in [0.2, 0.25) is 10.0 Å². The maximum Gasteiger partial charge on any atom is 0.240 e. The van der Waals surface area contributed by atoms with Crippen molar-refractivity contribution >= 4 is 15.7 Å². The van der Waals surface area contributed by atoms with Crippen molar-refractivity contribution in [3.05, 3.63) is 18.2 Å². The van der Waals surface area contributed by atoms with Crippen LogP contribution in [0.25, 0.3) is 0 Å². The van der Waals surface area contributed by atoms with Crippen molar-refractivity contribution in [1.82, 2.24) is 4.72 Å². The molecule has 0 bridgehead atoms. The minimum Gasteiger partial charge on any atom is -0.495 e. The molecule has 0 aliphatic carbocycles. The van der Waals surface area contributed by atoms with Gasteiger partial charge < -0.3 is 10.5 Å². The van der Waals surface area contributed by atoms with Gasteiger partial charge in [-0.1, -0.05) is 0 Å². The molecule has 0 radical (unpaired) electrons. The second-order valence-corrected chi connectivity index (χ2v) is 4.50. The summed E-state index contributed by atoms with van der Waals surface area (Å²) in [6.07, 6.45) is 0. The summed E-state index contributed by atoms with van der Waals surface area (Å²) in [6.45, 7) is 0. The number of benzene rings is 1. The van der Waals surface area contributed by atoms with Crippen LogP contribution >= 0.6 is 0 Å². The summed E-state index contributed by atoms with van der Waals surface area (Å²) in [5.41, 5.74) is 5.95.